The summed E-state index contributed by atoms with van der Waals surface area (Å²) in [5.74, 6) is -2.36. The monoisotopic (exact) mass is 780 g/mol. The van der Waals surface area contributed by atoms with Gasteiger partial charge in [0.1, 0.15) is 23.7 Å². The topological polar surface area (TPSA) is 197 Å². The van der Waals surface area contributed by atoms with Crippen molar-refractivity contribution in [2.75, 3.05) is 37.7 Å². The average molecular weight is 781 g/mol. The molecule has 0 radical (unpaired) electrons. The third kappa shape index (κ3) is 7.84. The quantitative estimate of drug-likeness (QED) is 0.287. The molecule has 298 valence electrons. The first-order valence-electron chi connectivity index (χ1n) is 19.5. The molecule has 0 bridgehead atoms. The average Bonchev–Trinajstić information content (AvgIpc) is 4.04. The number of rotatable bonds is 8. The maximum absolute atomic E-state index is 14.6. The number of sulfonamides is 1. The summed E-state index contributed by atoms with van der Waals surface area (Å²) in [7, 11) is -4.00. The number of carbonyl (C=O) groups excluding carboxylic acids is 3. The van der Waals surface area contributed by atoms with Crippen LogP contribution in [-0.4, -0.2) is 109 Å². The second-order valence-corrected chi connectivity index (χ2v) is 18.4. The van der Waals surface area contributed by atoms with Crippen LogP contribution in [0.3, 0.4) is 0 Å². The van der Waals surface area contributed by atoms with E-state index >= 15 is 0 Å². The highest BCUT2D eigenvalue weighted by Gasteiger charge is 2.63. The minimum absolute atomic E-state index is 0.0281. The summed E-state index contributed by atoms with van der Waals surface area (Å²) in [5.41, 5.74) is -0.597. The van der Waals surface area contributed by atoms with Crippen molar-refractivity contribution in [3.63, 3.8) is 0 Å². The Hall–Kier alpha value is -4.44. The molecule has 1 aromatic heterocycles. The number of fused-ring (bicyclic) bond motifs is 3. The first-order chi connectivity index (χ1) is 26.2. The number of amides is 4. The van der Waals surface area contributed by atoms with Gasteiger partial charge >= 0.3 is 6.09 Å². The van der Waals surface area contributed by atoms with Crippen LogP contribution in [0.4, 0.5) is 10.5 Å². The van der Waals surface area contributed by atoms with Crippen LogP contribution in [0, 0.1) is 17.8 Å². The molecule has 3 aliphatic heterocycles. The lowest BCUT2D eigenvalue weighted by Gasteiger charge is -2.33. The highest BCUT2D eigenvalue weighted by atomic mass is 32.2. The lowest BCUT2D eigenvalue weighted by Crippen LogP contribution is -2.59. The molecule has 55 heavy (non-hydrogen) atoms. The van der Waals surface area contributed by atoms with Crippen LogP contribution in [0.15, 0.2) is 42.6 Å². The minimum atomic E-state index is -4.00. The fourth-order valence-electron chi connectivity index (χ4n) is 8.41. The number of pyridine rings is 1. The molecular weight excluding hydrogens is 729 g/mol. The third-order valence-electron chi connectivity index (χ3n) is 12.3. The lowest BCUT2D eigenvalue weighted by atomic mass is 9.85. The van der Waals surface area contributed by atoms with Gasteiger partial charge in [0.15, 0.2) is 0 Å². The number of benzene rings is 1. The molecule has 2 aromatic rings. The van der Waals surface area contributed by atoms with Gasteiger partial charge in [0.05, 0.1) is 36.4 Å². The van der Waals surface area contributed by atoms with Gasteiger partial charge in [0, 0.05) is 36.2 Å². The highest BCUT2D eigenvalue weighted by Crippen LogP contribution is 2.48. The second kappa shape index (κ2) is 15.2. The number of aromatic nitrogens is 1. The van der Waals surface area contributed by atoms with Crippen LogP contribution in [0.2, 0.25) is 0 Å². The van der Waals surface area contributed by atoms with E-state index in [1.165, 1.54) is 4.90 Å². The lowest BCUT2D eigenvalue weighted by molar-refractivity contribution is -0.142. The summed E-state index contributed by atoms with van der Waals surface area (Å²) in [6.45, 7) is 8.15. The van der Waals surface area contributed by atoms with Crippen LogP contribution in [0.25, 0.3) is 10.8 Å². The standard InChI is InChI=1S/C39H52N6O9S/c1-4-25-19-24(2)9-5-6-10-26-21-39(26,36(48)43-55(51,52)38(3)13-14-38)42-33(46)30-20-27(23-45(30)35(47)32(25)41-37(49)50)54-34-29-12-8-7-11-28(29)31(22-40-34)44-15-17-53-18-16-44/h6-8,10-12,22,24-27,30,32,41H,4-5,9,13-21,23H2,1-3H3,(H,42,46)(H,43,48)(H,49,50)/b10-6-/t24-,25-,26-,27-,30+,32+,39-/m1/s1. The van der Waals surface area contributed by atoms with E-state index < -0.39 is 68.2 Å². The Balaban J connectivity index is 1.22. The van der Waals surface area contributed by atoms with Crippen molar-refractivity contribution in [2.45, 2.75) is 101 Å². The maximum Gasteiger partial charge on any atom is 0.405 e. The van der Waals surface area contributed by atoms with Crippen molar-refractivity contribution >= 4 is 50.3 Å². The highest BCUT2D eigenvalue weighted by molar-refractivity contribution is 7.91. The number of morpholine rings is 1. The van der Waals surface area contributed by atoms with E-state index in [-0.39, 0.29) is 31.2 Å². The molecule has 4 heterocycles. The first kappa shape index (κ1) is 38.8. The maximum atomic E-state index is 14.6. The smallest absolute Gasteiger partial charge is 0.405 e. The van der Waals surface area contributed by atoms with Crippen molar-refractivity contribution in [2.24, 2.45) is 17.8 Å². The van der Waals surface area contributed by atoms with Gasteiger partial charge in [0.2, 0.25) is 27.7 Å². The minimum Gasteiger partial charge on any atom is -0.472 e. The van der Waals surface area contributed by atoms with Crippen LogP contribution in [0.1, 0.15) is 72.1 Å². The molecule has 1 aromatic carbocycles. The second-order valence-electron chi connectivity index (χ2n) is 16.2. The fraction of sp³-hybridized carbons (Fsp3) is 0.615. The Labute approximate surface area is 321 Å². The number of anilines is 1. The number of ether oxygens (including phenoxy) is 2. The molecule has 2 saturated heterocycles. The van der Waals surface area contributed by atoms with Gasteiger partial charge < -0.3 is 35.0 Å². The third-order valence-corrected chi connectivity index (χ3v) is 14.4. The van der Waals surface area contributed by atoms with E-state index in [1.807, 2.05) is 43.3 Å². The van der Waals surface area contributed by atoms with E-state index in [0.717, 1.165) is 22.9 Å². The Kier molecular flexibility index (Phi) is 10.8. The normalized spacial score (nSPS) is 31.5. The van der Waals surface area contributed by atoms with Crippen LogP contribution in [0.5, 0.6) is 5.88 Å². The molecule has 4 N–H and O–H groups in total. The molecule has 4 fully saturated rings. The van der Waals surface area contributed by atoms with Crippen molar-refractivity contribution < 1.29 is 42.2 Å². The summed E-state index contributed by atoms with van der Waals surface area (Å²) in [4.78, 5) is 63.4. The summed E-state index contributed by atoms with van der Waals surface area (Å²) in [5, 5.41) is 16.9. The van der Waals surface area contributed by atoms with Gasteiger partial charge in [-0.25, -0.2) is 18.2 Å². The number of nitrogens with one attached hydrogen (secondary N) is 3. The molecule has 16 heteroatoms. The largest absolute Gasteiger partial charge is 0.472 e. The molecule has 2 aliphatic carbocycles. The molecule has 2 saturated carbocycles. The molecule has 0 spiro atoms. The molecule has 15 nitrogen and oxygen atoms in total. The molecule has 7 rings (SSSR count). The first-order valence-corrected chi connectivity index (χ1v) is 21.0. The summed E-state index contributed by atoms with van der Waals surface area (Å²) >= 11 is 0. The van der Waals surface area contributed by atoms with Gasteiger partial charge in [-0.05, 0) is 63.4 Å². The predicted octanol–water partition coefficient (Wildman–Crippen LogP) is 3.33. The Morgan fingerprint density at radius 2 is 1.85 bits per heavy atom. The zero-order valence-corrected chi connectivity index (χ0v) is 32.5. The Morgan fingerprint density at radius 3 is 2.55 bits per heavy atom. The number of nitrogens with zero attached hydrogens (tertiary/aromatic N) is 3. The van der Waals surface area contributed by atoms with Crippen molar-refractivity contribution in [1.29, 1.82) is 0 Å². The van der Waals surface area contributed by atoms with Crippen molar-refractivity contribution in [3.05, 3.63) is 42.6 Å². The van der Waals surface area contributed by atoms with Crippen LogP contribution >= 0.6 is 0 Å². The van der Waals surface area contributed by atoms with E-state index in [9.17, 15) is 32.7 Å². The fourth-order valence-corrected chi connectivity index (χ4v) is 9.72. The Bertz CT molecular complexity index is 1970. The predicted molar refractivity (Wildman–Crippen MR) is 204 cm³/mol. The van der Waals surface area contributed by atoms with E-state index in [2.05, 4.69) is 27.2 Å². The van der Waals surface area contributed by atoms with Crippen molar-refractivity contribution in [3.8, 4) is 5.88 Å². The number of carbonyl (C=O) groups is 4. The Morgan fingerprint density at radius 1 is 1.13 bits per heavy atom. The number of allylic oxidation sites excluding steroid dienone is 1. The number of hydrogen-bond acceptors (Lipinski definition) is 10. The summed E-state index contributed by atoms with van der Waals surface area (Å²) < 4.78 is 39.7. The molecule has 0 unspecified atom stereocenters. The van der Waals surface area contributed by atoms with E-state index in [0.29, 0.717) is 64.3 Å². The molecular formula is C39H52N6O9S. The summed E-state index contributed by atoms with van der Waals surface area (Å²) in [6, 6.07) is 5.44. The zero-order chi connectivity index (χ0) is 39.1. The van der Waals surface area contributed by atoms with E-state index in [4.69, 9.17) is 14.5 Å². The molecule has 7 atom stereocenters. The van der Waals surface area contributed by atoms with Crippen molar-refractivity contribution in [1.82, 2.24) is 25.2 Å². The van der Waals surface area contributed by atoms with Gasteiger partial charge in [-0.2, -0.15) is 0 Å². The molecule has 4 amide bonds. The van der Waals surface area contributed by atoms with Crippen LogP contribution in [-0.2, 0) is 29.1 Å². The van der Waals surface area contributed by atoms with Gasteiger partial charge in [-0.15, -0.1) is 0 Å². The zero-order valence-electron chi connectivity index (χ0n) is 31.7. The number of carboxylic acid groups (broad SMARTS) is 1. The van der Waals surface area contributed by atoms with Gasteiger partial charge in [0.25, 0.3) is 5.91 Å². The van der Waals surface area contributed by atoms with Crippen LogP contribution < -0.4 is 25.0 Å². The van der Waals surface area contributed by atoms with Gasteiger partial charge in [-0.3, -0.25) is 19.1 Å². The SMILES string of the molecule is CC[C@@H]1C[C@H](C)CC/C=C\[C@@H]2C[C@@]2(C(=O)NS(=O)(=O)C2(C)CC2)NC(=O)[C@@H]2C[C@@H](Oc3ncc(N4CCOCC4)c4ccccc34)CN2C(=O)[C@H]1NC(=O)O. The van der Waals surface area contributed by atoms with Gasteiger partial charge in [-0.1, -0.05) is 50.6 Å². The summed E-state index contributed by atoms with van der Waals surface area (Å²) in [6.07, 6.45) is 7.09. The molecule has 5 aliphatic rings. The van der Waals surface area contributed by atoms with E-state index in [1.54, 1.807) is 13.1 Å². The number of hydrogen-bond donors (Lipinski definition) is 4.